The monoisotopic (exact) mass is 469 g/mol. The third-order valence-electron chi connectivity index (χ3n) is 7.94. The van der Waals surface area contributed by atoms with Crippen LogP contribution in [0.15, 0.2) is 0 Å². The van der Waals surface area contributed by atoms with Crippen LogP contribution in [-0.2, 0) is 0 Å². The lowest BCUT2D eigenvalue weighted by Gasteiger charge is -2.40. The lowest BCUT2D eigenvalue weighted by atomic mass is 10.0. The minimum Gasteiger partial charge on any atom is -0.324 e. The summed E-state index contributed by atoms with van der Waals surface area (Å²) in [4.78, 5) is 0. The molecule has 1 heteroatoms. The summed E-state index contributed by atoms with van der Waals surface area (Å²) in [6, 6.07) is 0. The van der Waals surface area contributed by atoms with E-state index in [9.17, 15) is 0 Å². The van der Waals surface area contributed by atoms with E-state index in [1.54, 1.807) is 0 Å². The van der Waals surface area contributed by atoms with Gasteiger partial charge in [-0.05, 0) is 51.4 Å². The molecular formula is C32H70N+. The van der Waals surface area contributed by atoms with E-state index in [-0.39, 0.29) is 1.43 Å². The van der Waals surface area contributed by atoms with Gasteiger partial charge in [0, 0.05) is 1.43 Å². The number of hydrogen-bond donors (Lipinski definition) is 0. The fourth-order valence-corrected chi connectivity index (χ4v) is 5.58. The second kappa shape index (κ2) is 26.6. The Labute approximate surface area is 214 Å². The van der Waals surface area contributed by atoms with Crippen molar-refractivity contribution in [2.24, 2.45) is 0 Å². The lowest BCUT2D eigenvalue weighted by molar-refractivity contribution is -0.929. The van der Waals surface area contributed by atoms with E-state index in [0.29, 0.717) is 0 Å². The Morgan fingerprint density at radius 2 is 0.455 bits per heavy atom. The van der Waals surface area contributed by atoms with Crippen molar-refractivity contribution < 1.29 is 5.91 Å². The number of rotatable bonds is 28. The van der Waals surface area contributed by atoms with E-state index >= 15 is 0 Å². The van der Waals surface area contributed by atoms with Crippen LogP contribution in [0, 0.1) is 0 Å². The quantitative estimate of drug-likeness (QED) is 0.0790. The average Bonchev–Trinajstić information content (AvgIpc) is 2.83. The van der Waals surface area contributed by atoms with Gasteiger partial charge in [0.05, 0.1) is 26.2 Å². The summed E-state index contributed by atoms with van der Waals surface area (Å²) in [5.41, 5.74) is 0. The molecule has 0 aliphatic carbocycles. The molecule has 0 aromatic heterocycles. The molecule has 0 aliphatic rings. The van der Waals surface area contributed by atoms with E-state index in [0.717, 1.165) is 0 Å². The molecule has 1 nitrogen and oxygen atoms in total. The van der Waals surface area contributed by atoms with Crippen LogP contribution in [-0.4, -0.2) is 30.7 Å². The largest absolute Gasteiger partial charge is 0.324 e. The molecule has 0 aliphatic heterocycles. The molecule has 0 heterocycles. The topological polar surface area (TPSA) is 0 Å². The van der Waals surface area contributed by atoms with Gasteiger partial charge in [-0.1, -0.05) is 130 Å². The first-order valence-electron chi connectivity index (χ1n) is 16.1. The van der Waals surface area contributed by atoms with Crippen LogP contribution < -0.4 is 0 Å². The van der Waals surface area contributed by atoms with Crippen molar-refractivity contribution in [2.75, 3.05) is 26.2 Å². The van der Waals surface area contributed by atoms with Gasteiger partial charge in [-0.15, -0.1) is 0 Å². The first kappa shape index (κ1) is 33.0. The van der Waals surface area contributed by atoms with E-state index < -0.39 is 0 Å². The van der Waals surface area contributed by atoms with Gasteiger partial charge in [0.2, 0.25) is 0 Å². The molecule has 0 aromatic rings. The molecule has 0 unspecified atom stereocenters. The second-order valence-corrected chi connectivity index (χ2v) is 11.3. The zero-order valence-corrected chi connectivity index (χ0v) is 24.2. The van der Waals surface area contributed by atoms with Crippen LogP contribution in [0.5, 0.6) is 0 Å². The Morgan fingerprint density at radius 3 is 0.667 bits per heavy atom. The third-order valence-corrected chi connectivity index (χ3v) is 7.94. The maximum atomic E-state index is 2.34. The molecule has 0 amide bonds. The zero-order chi connectivity index (χ0) is 24.3. The highest BCUT2D eigenvalue weighted by Gasteiger charge is 2.25. The predicted molar refractivity (Wildman–Crippen MR) is 155 cm³/mol. The van der Waals surface area contributed by atoms with Crippen molar-refractivity contribution in [3.05, 3.63) is 0 Å². The van der Waals surface area contributed by atoms with Gasteiger partial charge in [0.15, 0.2) is 0 Å². The molecule has 202 valence electrons. The van der Waals surface area contributed by atoms with Crippen molar-refractivity contribution in [3.8, 4) is 0 Å². The predicted octanol–water partition coefficient (Wildman–Crippen LogP) is 11.5. The van der Waals surface area contributed by atoms with Crippen LogP contribution in [0.1, 0.15) is 183 Å². The third kappa shape index (κ3) is 22.2. The highest BCUT2D eigenvalue weighted by atomic mass is 15.3. The van der Waals surface area contributed by atoms with E-state index in [1.807, 2.05) is 0 Å². The summed E-state index contributed by atoms with van der Waals surface area (Å²) in [6.45, 7) is 15.3. The molecule has 0 radical (unpaired) electrons. The van der Waals surface area contributed by atoms with Crippen molar-refractivity contribution >= 4 is 0 Å². The highest BCUT2D eigenvalue weighted by Crippen LogP contribution is 2.20. The maximum absolute atomic E-state index is 2.34. The molecule has 0 fully saturated rings. The van der Waals surface area contributed by atoms with Crippen LogP contribution in [0.2, 0.25) is 0 Å². The van der Waals surface area contributed by atoms with E-state index in [2.05, 4.69) is 27.7 Å². The van der Waals surface area contributed by atoms with Crippen molar-refractivity contribution in [2.45, 2.75) is 182 Å². The molecular weight excluding hydrogens is 398 g/mol. The van der Waals surface area contributed by atoms with Gasteiger partial charge in [-0.2, -0.15) is 0 Å². The summed E-state index contributed by atoms with van der Waals surface area (Å²) >= 11 is 0. The Morgan fingerprint density at radius 1 is 0.273 bits per heavy atom. The summed E-state index contributed by atoms with van der Waals surface area (Å²) in [6.07, 6.45) is 34.8. The van der Waals surface area contributed by atoms with Gasteiger partial charge < -0.3 is 4.48 Å². The lowest BCUT2D eigenvalue weighted by Crippen LogP contribution is -2.50. The molecule has 0 atom stereocenters. The molecule has 0 rings (SSSR count). The number of unbranched alkanes of at least 4 members (excludes halogenated alkanes) is 20. The highest BCUT2D eigenvalue weighted by molar-refractivity contribution is 4.55. The first-order chi connectivity index (χ1) is 16.2. The summed E-state index contributed by atoms with van der Waals surface area (Å²) in [7, 11) is 0. The molecule has 0 spiro atoms. The summed E-state index contributed by atoms with van der Waals surface area (Å²) < 4.78 is 1.48. The zero-order valence-electron chi connectivity index (χ0n) is 24.2. The number of quaternary nitrogens is 1. The molecule has 33 heavy (non-hydrogen) atoms. The first-order valence-corrected chi connectivity index (χ1v) is 16.1. The van der Waals surface area contributed by atoms with Crippen LogP contribution >= 0.6 is 0 Å². The van der Waals surface area contributed by atoms with Gasteiger partial charge in [0.1, 0.15) is 0 Å². The van der Waals surface area contributed by atoms with Crippen LogP contribution in [0.4, 0.5) is 0 Å². The normalized spacial score (nSPS) is 12.0. The number of hydrogen-bond acceptors (Lipinski definition) is 0. The van der Waals surface area contributed by atoms with Gasteiger partial charge in [-0.3, -0.25) is 0 Å². The standard InChI is InChI=1S/C32H68N.H2/c1-5-9-13-17-21-25-29-33(30-26-22-18-14-10-6-2,31-27-23-19-15-11-7-3)32-28-24-20-16-12-8-4;/h5-32H2,1-4H3;1H/q+1;. The van der Waals surface area contributed by atoms with Gasteiger partial charge in [0.25, 0.3) is 0 Å². The van der Waals surface area contributed by atoms with Crippen molar-refractivity contribution in [1.29, 1.82) is 0 Å². The van der Waals surface area contributed by atoms with Gasteiger partial charge in [-0.25, -0.2) is 0 Å². The van der Waals surface area contributed by atoms with E-state index in [1.165, 1.54) is 185 Å². The number of nitrogens with zero attached hydrogens (tertiary/aromatic N) is 1. The Balaban J connectivity index is 0. The molecule has 0 saturated carbocycles. The SMILES string of the molecule is CCCCCCCC[N+](CCCCCCCC)(CCCCCCCC)CCCCCCCC.[HH]. The summed E-state index contributed by atoms with van der Waals surface area (Å²) in [5, 5.41) is 0. The fraction of sp³-hybridized carbons (Fsp3) is 1.00. The van der Waals surface area contributed by atoms with Crippen LogP contribution in [0.25, 0.3) is 0 Å². The molecule has 0 bridgehead atoms. The Kier molecular flexibility index (Phi) is 26.5. The Hall–Kier alpha value is -0.0400. The van der Waals surface area contributed by atoms with Gasteiger partial charge >= 0.3 is 0 Å². The van der Waals surface area contributed by atoms with Crippen LogP contribution in [0.3, 0.4) is 0 Å². The minimum atomic E-state index is 0. The summed E-state index contributed by atoms with van der Waals surface area (Å²) in [5.74, 6) is 0. The van der Waals surface area contributed by atoms with E-state index in [4.69, 9.17) is 0 Å². The smallest absolute Gasteiger partial charge is 0.0786 e. The van der Waals surface area contributed by atoms with Crippen molar-refractivity contribution in [1.82, 2.24) is 0 Å². The average molecular weight is 469 g/mol. The molecule has 0 saturated heterocycles. The second-order valence-electron chi connectivity index (χ2n) is 11.3. The van der Waals surface area contributed by atoms with Crippen molar-refractivity contribution in [3.63, 3.8) is 0 Å². The molecule has 0 aromatic carbocycles. The fourth-order valence-electron chi connectivity index (χ4n) is 5.58. The maximum Gasteiger partial charge on any atom is 0.0786 e. The minimum absolute atomic E-state index is 0. The Bertz CT molecular complexity index is 287. The molecule has 0 N–H and O–H groups in total.